The summed E-state index contributed by atoms with van der Waals surface area (Å²) in [4.78, 5) is 2.39. The van der Waals surface area contributed by atoms with Crippen LogP contribution in [0.2, 0.25) is 0 Å². The molecule has 102 valence electrons. The van der Waals surface area contributed by atoms with Gasteiger partial charge in [-0.25, -0.2) is 0 Å². The van der Waals surface area contributed by atoms with E-state index in [0.717, 1.165) is 16.8 Å². The summed E-state index contributed by atoms with van der Waals surface area (Å²) in [5.74, 6) is 0.867. The molecule has 0 spiro atoms. The average Bonchev–Trinajstić information content (AvgIpc) is 2.36. The third-order valence-electron chi connectivity index (χ3n) is 3.21. The molecular weight excluding hydrogens is 292 g/mol. The summed E-state index contributed by atoms with van der Waals surface area (Å²) in [5, 5.41) is 0. The molecule has 0 aliphatic carbocycles. The highest BCUT2D eigenvalue weighted by molar-refractivity contribution is 9.10. The molecule has 0 fully saturated rings. The number of methoxy groups -OCH3 is 1. The molecule has 0 bridgehead atoms. The fraction of sp³-hybridized carbons (Fsp3) is 0.571. The Morgan fingerprint density at radius 2 is 2.06 bits per heavy atom. The quantitative estimate of drug-likeness (QED) is 0.876. The van der Waals surface area contributed by atoms with Gasteiger partial charge < -0.3 is 10.5 Å². The fourth-order valence-electron chi connectivity index (χ4n) is 2.29. The first-order chi connectivity index (χ1) is 8.54. The Bertz CT molecular complexity index is 382. The highest BCUT2D eigenvalue weighted by Gasteiger charge is 2.22. The molecule has 1 aromatic carbocycles. The maximum atomic E-state index is 5.98. The Morgan fingerprint density at radius 1 is 1.39 bits per heavy atom. The normalized spacial score (nSPS) is 13.1. The number of ether oxygens (including phenoxy) is 1. The lowest BCUT2D eigenvalue weighted by atomic mass is 10.0. The van der Waals surface area contributed by atoms with Crippen LogP contribution >= 0.6 is 15.9 Å². The van der Waals surface area contributed by atoms with E-state index in [1.807, 2.05) is 12.1 Å². The average molecular weight is 315 g/mol. The smallest absolute Gasteiger partial charge is 0.119 e. The second-order valence-electron chi connectivity index (χ2n) is 4.56. The number of benzene rings is 1. The van der Waals surface area contributed by atoms with E-state index < -0.39 is 0 Å². The van der Waals surface area contributed by atoms with E-state index in [2.05, 4.69) is 47.7 Å². The van der Waals surface area contributed by atoms with E-state index in [1.54, 1.807) is 7.11 Å². The van der Waals surface area contributed by atoms with Crippen molar-refractivity contribution in [1.29, 1.82) is 0 Å². The van der Waals surface area contributed by atoms with Gasteiger partial charge in [-0.1, -0.05) is 22.9 Å². The highest BCUT2D eigenvalue weighted by Crippen LogP contribution is 2.31. The molecule has 1 unspecified atom stereocenters. The van der Waals surface area contributed by atoms with Crippen molar-refractivity contribution in [3.63, 3.8) is 0 Å². The largest absolute Gasteiger partial charge is 0.497 e. The van der Waals surface area contributed by atoms with Crippen molar-refractivity contribution in [3.8, 4) is 5.75 Å². The van der Waals surface area contributed by atoms with Crippen LogP contribution < -0.4 is 10.5 Å². The minimum Gasteiger partial charge on any atom is -0.497 e. The topological polar surface area (TPSA) is 38.5 Å². The first-order valence-corrected chi connectivity index (χ1v) is 7.13. The third-order valence-corrected chi connectivity index (χ3v) is 3.94. The maximum absolute atomic E-state index is 5.98. The number of hydrogen-bond donors (Lipinski definition) is 1. The van der Waals surface area contributed by atoms with Crippen LogP contribution in [0.15, 0.2) is 22.7 Å². The van der Waals surface area contributed by atoms with Crippen molar-refractivity contribution in [2.45, 2.75) is 32.9 Å². The van der Waals surface area contributed by atoms with E-state index in [1.165, 1.54) is 5.56 Å². The molecule has 2 N–H and O–H groups in total. The lowest BCUT2D eigenvalue weighted by Crippen LogP contribution is -2.38. The summed E-state index contributed by atoms with van der Waals surface area (Å²) in [6.07, 6.45) is 0. The van der Waals surface area contributed by atoms with Crippen molar-refractivity contribution in [2.75, 3.05) is 20.2 Å². The van der Waals surface area contributed by atoms with Gasteiger partial charge in [0.2, 0.25) is 0 Å². The molecule has 0 radical (unpaired) electrons. The molecule has 0 saturated heterocycles. The Kier molecular flexibility index (Phi) is 6.12. The predicted molar refractivity (Wildman–Crippen MR) is 80.0 cm³/mol. The van der Waals surface area contributed by atoms with E-state index in [9.17, 15) is 0 Å². The van der Waals surface area contributed by atoms with Crippen molar-refractivity contribution < 1.29 is 4.74 Å². The molecule has 0 aliphatic rings. The number of halogens is 1. The molecule has 4 heteroatoms. The van der Waals surface area contributed by atoms with Gasteiger partial charge in [0, 0.05) is 23.1 Å². The van der Waals surface area contributed by atoms with E-state index in [4.69, 9.17) is 10.5 Å². The van der Waals surface area contributed by atoms with Crippen LogP contribution in [0.25, 0.3) is 0 Å². The van der Waals surface area contributed by atoms with E-state index in [0.29, 0.717) is 12.6 Å². The van der Waals surface area contributed by atoms with Crippen LogP contribution in [0.3, 0.4) is 0 Å². The summed E-state index contributed by atoms with van der Waals surface area (Å²) >= 11 is 3.61. The van der Waals surface area contributed by atoms with Crippen LogP contribution in [0, 0.1) is 0 Å². The van der Waals surface area contributed by atoms with Crippen LogP contribution in [0.5, 0.6) is 5.75 Å². The van der Waals surface area contributed by atoms with Gasteiger partial charge in [0.05, 0.1) is 7.11 Å². The molecule has 1 atom stereocenters. The van der Waals surface area contributed by atoms with Gasteiger partial charge in [0.25, 0.3) is 0 Å². The van der Waals surface area contributed by atoms with Gasteiger partial charge in [-0.15, -0.1) is 0 Å². The van der Waals surface area contributed by atoms with Crippen LogP contribution in [-0.2, 0) is 0 Å². The monoisotopic (exact) mass is 314 g/mol. The third kappa shape index (κ3) is 3.46. The van der Waals surface area contributed by atoms with Crippen molar-refractivity contribution in [2.24, 2.45) is 5.73 Å². The number of nitrogens with two attached hydrogens (primary N) is 1. The standard InChI is InChI=1S/C14H23BrN2O/c1-5-17(10(2)3)14(9-16)12-8-11(18-4)6-7-13(12)15/h6-8,10,14H,5,9,16H2,1-4H3. The lowest BCUT2D eigenvalue weighted by Gasteiger charge is -2.34. The summed E-state index contributed by atoms with van der Waals surface area (Å²) in [6, 6.07) is 6.70. The molecule has 0 aliphatic heterocycles. The predicted octanol–water partition coefficient (Wildman–Crippen LogP) is 3.19. The summed E-state index contributed by atoms with van der Waals surface area (Å²) in [6.45, 7) is 8.12. The number of rotatable bonds is 6. The summed E-state index contributed by atoms with van der Waals surface area (Å²) in [5.41, 5.74) is 7.16. The first kappa shape index (κ1) is 15.5. The minimum atomic E-state index is 0.208. The molecule has 3 nitrogen and oxygen atoms in total. The zero-order chi connectivity index (χ0) is 13.7. The molecule has 0 saturated carbocycles. The van der Waals surface area contributed by atoms with Gasteiger partial charge in [-0.3, -0.25) is 4.90 Å². The van der Waals surface area contributed by atoms with Gasteiger partial charge >= 0.3 is 0 Å². The van der Waals surface area contributed by atoms with E-state index in [-0.39, 0.29) is 6.04 Å². The number of likely N-dealkylation sites (N-methyl/N-ethyl adjacent to an activating group) is 1. The van der Waals surface area contributed by atoms with Gasteiger partial charge in [0.15, 0.2) is 0 Å². The number of nitrogens with zero attached hydrogens (tertiary/aromatic N) is 1. The van der Waals surface area contributed by atoms with Crippen LogP contribution in [-0.4, -0.2) is 31.1 Å². The molecule has 1 rings (SSSR count). The second kappa shape index (κ2) is 7.12. The minimum absolute atomic E-state index is 0.208. The van der Waals surface area contributed by atoms with Crippen molar-refractivity contribution >= 4 is 15.9 Å². The summed E-state index contributed by atoms with van der Waals surface area (Å²) in [7, 11) is 1.69. The fourth-order valence-corrected chi connectivity index (χ4v) is 2.80. The number of hydrogen-bond acceptors (Lipinski definition) is 3. The van der Waals surface area contributed by atoms with Crippen LogP contribution in [0.4, 0.5) is 0 Å². The lowest BCUT2D eigenvalue weighted by molar-refractivity contribution is 0.166. The van der Waals surface area contributed by atoms with Crippen LogP contribution in [0.1, 0.15) is 32.4 Å². The maximum Gasteiger partial charge on any atom is 0.119 e. The van der Waals surface area contributed by atoms with Crippen molar-refractivity contribution in [3.05, 3.63) is 28.2 Å². The Labute approximate surface area is 118 Å². The van der Waals surface area contributed by atoms with Gasteiger partial charge in [0.1, 0.15) is 5.75 Å². The molecule has 0 aromatic heterocycles. The Balaban J connectivity index is 3.14. The highest BCUT2D eigenvalue weighted by atomic mass is 79.9. The molecule has 0 amide bonds. The van der Waals surface area contributed by atoms with Gasteiger partial charge in [-0.2, -0.15) is 0 Å². The summed E-state index contributed by atoms with van der Waals surface area (Å²) < 4.78 is 6.38. The molecular formula is C14H23BrN2O. The Hall–Kier alpha value is -0.580. The zero-order valence-corrected chi connectivity index (χ0v) is 13.2. The molecule has 0 heterocycles. The second-order valence-corrected chi connectivity index (χ2v) is 5.42. The van der Waals surface area contributed by atoms with Crippen molar-refractivity contribution in [1.82, 2.24) is 4.90 Å². The molecule has 1 aromatic rings. The Morgan fingerprint density at radius 3 is 2.50 bits per heavy atom. The van der Waals surface area contributed by atoms with Gasteiger partial charge in [-0.05, 0) is 44.2 Å². The zero-order valence-electron chi connectivity index (χ0n) is 11.6. The SMILES string of the molecule is CCN(C(C)C)C(CN)c1cc(OC)ccc1Br. The molecule has 18 heavy (non-hydrogen) atoms. The van der Waals surface area contributed by atoms with E-state index >= 15 is 0 Å². The first-order valence-electron chi connectivity index (χ1n) is 6.34.